The molecule has 0 aliphatic heterocycles. The lowest BCUT2D eigenvalue weighted by Crippen LogP contribution is -2.38. The van der Waals surface area contributed by atoms with E-state index in [1.54, 1.807) is 6.07 Å². The van der Waals surface area contributed by atoms with Crippen LogP contribution in [0.15, 0.2) is 29.4 Å². The highest BCUT2D eigenvalue weighted by Crippen LogP contribution is 2.20. The van der Waals surface area contributed by atoms with Crippen LogP contribution in [0.3, 0.4) is 0 Å². The molecule has 1 N–H and O–H groups in total. The molecule has 0 bridgehead atoms. The maximum Gasteiger partial charge on any atom is 0.194 e. The number of aromatic nitrogens is 2. The molecule has 0 aliphatic carbocycles. The number of hydrogen-bond donors (Lipinski definition) is 1. The molecule has 0 unspecified atom stereocenters. The van der Waals surface area contributed by atoms with E-state index >= 15 is 0 Å². The second kappa shape index (κ2) is 9.39. The van der Waals surface area contributed by atoms with E-state index in [1.165, 1.54) is 18.7 Å². The van der Waals surface area contributed by atoms with Crippen molar-refractivity contribution in [2.45, 2.75) is 39.8 Å². The Morgan fingerprint density at radius 2 is 2.15 bits per heavy atom. The highest BCUT2D eigenvalue weighted by molar-refractivity contribution is 5.79. The third-order valence-corrected chi connectivity index (χ3v) is 4.22. The molecule has 27 heavy (non-hydrogen) atoms. The van der Waals surface area contributed by atoms with Gasteiger partial charge in [0.1, 0.15) is 0 Å². The van der Waals surface area contributed by atoms with E-state index in [-0.39, 0.29) is 11.6 Å². The molecule has 0 aliphatic rings. The molecule has 7 heteroatoms. The van der Waals surface area contributed by atoms with Crippen molar-refractivity contribution in [3.05, 3.63) is 47.0 Å². The first kappa shape index (κ1) is 20.7. The molecular formula is C20H30FN5O. The Labute approximate surface area is 161 Å². The average molecular weight is 375 g/mol. The van der Waals surface area contributed by atoms with Crippen molar-refractivity contribution < 1.29 is 9.13 Å². The van der Waals surface area contributed by atoms with Gasteiger partial charge >= 0.3 is 0 Å². The van der Waals surface area contributed by atoms with Gasteiger partial charge in [-0.25, -0.2) is 9.38 Å². The van der Waals surface area contributed by atoms with Crippen molar-refractivity contribution in [1.29, 1.82) is 0 Å². The van der Waals surface area contributed by atoms with E-state index < -0.39 is 0 Å². The fourth-order valence-corrected chi connectivity index (χ4v) is 2.94. The molecule has 0 spiro atoms. The molecule has 148 valence electrons. The molecule has 1 aromatic carbocycles. The van der Waals surface area contributed by atoms with Gasteiger partial charge in [-0.05, 0) is 30.5 Å². The Hall–Kier alpha value is -2.57. The van der Waals surface area contributed by atoms with Gasteiger partial charge < -0.3 is 15.0 Å². The number of guanidine groups is 1. The van der Waals surface area contributed by atoms with Crippen molar-refractivity contribution in [3.8, 4) is 5.75 Å². The maximum absolute atomic E-state index is 13.9. The fourth-order valence-electron chi connectivity index (χ4n) is 2.94. The Balaban J connectivity index is 2.15. The summed E-state index contributed by atoms with van der Waals surface area (Å²) in [6, 6.07) is 4.91. The standard InChI is InChI=1S/C20H30FN5O/c1-7-22-20(23-11-15-8-9-18(27-6)17(21)10-15)25(4)12-16-13-26(5)24-19(16)14(2)3/h8-10,13-14H,7,11-12H2,1-6H3,(H,22,23). The number of aryl methyl sites for hydroxylation is 1. The van der Waals surface area contributed by atoms with Crippen LogP contribution < -0.4 is 10.1 Å². The molecule has 0 amide bonds. The zero-order valence-electron chi connectivity index (χ0n) is 17.1. The summed E-state index contributed by atoms with van der Waals surface area (Å²) in [5.74, 6) is 0.994. The lowest BCUT2D eigenvalue weighted by molar-refractivity contribution is 0.386. The Morgan fingerprint density at radius 1 is 1.41 bits per heavy atom. The van der Waals surface area contributed by atoms with Crippen molar-refractivity contribution in [3.63, 3.8) is 0 Å². The van der Waals surface area contributed by atoms with Crippen LogP contribution in [-0.4, -0.2) is 41.3 Å². The molecule has 0 fully saturated rings. The molecule has 0 atom stereocenters. The third-order valence-electron chi connectivity index (χ3n) is 4.22. The van der Waals surface area contributed by atoms with Gasteiger partial charge in [-0.15, -0.1) is 0 Å². The van der Waals surface area contributed by atoms with Crippen LogP contribution >= 0.6 is 0 Å². The van der Waals surface area contributed by atoms with Crippen LogP contribution in [0.4, 0.5) is 4.39 Å². The molecular weight excluding hydrogens is 345 g/mol. The Morgan fingerprint density at radius 3 is 2.74 bits per heavy atom. The normalized spacial score (nSPS) is 11.8. The number of ether oxygens (including phenoxy) is 1. The predicted octanol–water partition coefficient (Wildman–Crippen LogP) is 3.29. The zero-order chi connectivity index (χ0) is 20.0. The van der Waals surface area contributed by atoms with Crippen molar-refractivity contribution in [2.75, 3.05) is 20.7 Å². The summed E-state index contributed by atoms with van der Waals surface area (Å²) >= 11 is 0. The summed E-state index contributed by atoms with van der Waals surface area (Å²) < 4.78 is 20.7. The summed E-state index contributed by atoms with van der Waals surface area (Å²) in [6.45, 7) is 8.15. The first-order valence-corrected chi connectivity index (χ1v) is 9.20. The predicted molar refractivity (Wildman–Crippen MR) is 107 cm³/mol. The van der Waals surface area contributed by atoms with E-state index in [0.717, 1.165) is 23.8 Å². The van der Waals surface area contributed by atoms with Crippen LogP contribution in [0, 0.1) is 5.82 Å². The molecule has 6 nitrogen and oxygen atoms in total. The fraction of sp³-hybridized carbons (Fsp3) is 0.500. The van der Waals surface area contributed by atoms with Crippen LogP contribution in [0.1, 0.15) is 43.5 Å². The number of benzene rings is 1. The summed E-state index contributed by atoms with van der Waals surface area (Å²) in [4.78, 5) is 6.72. The lowest BCUT2D eigenvalue weighted by atomic mass is 10.1. The van der Waals surface area contributed by atoms with Crippen LogP contribution in [0.5, 0.6) is 5.75 Å². The van der Waals surface area contributed by atoms with Crippen LogP contribution in [0.25, 0.3) is 0 Å². The number of rotatable bonds is 7. The molecule has 1 aromatic heterocycles. The van der Waals surface area contributed by atoms with E-state index in [1.807, 2.05) is 38.0 Å². The summed E-state index contributed by atoms with van der Waals surface area (Å²) in [5, 5.41) is 7.86. The number of halogens is 1. The first-order chi connectivity index (χ1) is 12.8. The third kappa shape index (κ3) is 5.45. The Kier molecular flexibility index (Phi) is 7.21. The quantitative estimate of drug-likeness (QED) is 0.596. The number of hydrogen-bond acceptors (Lipinski definition) is 3. The van der Waals surface area contributed by atoms with Gasteiger partial charge in [0.25, 0.3) is 0 Å². The number of methoxy groups -OCH3 is 1. The summed E-state index contributed by atoms with van der Waals surface area (Å²) in [6.07, 6.45) is 2.05. The summed E-state index contributed by atoms with van der Waals surface area (Å²) in [5.41, 5.74) is 3.06. The molecule has 2 rings (SSSR count). The number of nitrogens with zero attached hydrogens (tertiary/aromatic N) is 4. The molecule has 0 saturated heterocycles. The van der Waals surface area contributed by atoms with E-state index in [2.05, 4.69) is 34.2 Å². The monoisotopic (exact) mass is 375 g/mol. The number of aliphatic imine (C=N–C) groups is 1. The largest absolute Gasteiger partial charge is 0.494 e. The minimum Gasteiger partial charge on any atom is -0.494 e. The second-order valence-electron chi connectivity index (χ2n) is 6.86. The molecule has 0 saturated carbocycles. The maximum atomic E-state index is 13.9. The smallest absolute Gasteiger partial charge is 0.194 e. The minimum atomic E-state index is -0.375. The summed E-state index contributed by atoms with van der Waals surface area (Å²) in [7, 11) is 5.39. The van der Waals surface area contributed by atoms with Crippen molar-refractivity contribution in [2.24, 2.45) is 12.0 Å². The van der Waals surface area contributed by atoms with Crippen LogP contribution in [0.2, 0.25) is 0 Å². The number of nitrogens with one attached hydrogen (secondary N) is 1. The van der Waals surface area contributed by atoms with Gasteiger partial charge in [-0.2, -0.15) is 5.10 Å². The highest BCUT2D eigenvalue weighted by atomic mass is 19.1. The van der Waals surface area contributed by atoms with E-state index in [4.69, 9.17) is 4.74 Å². The average Bonchev–Trinajstić information content (AvgIpc) is 2.99. The van der Waals surface area contributed by atoms with Gasteiger partial charge in [-0.1, -0.05) is 19.9 Å². The molecule has 2 aromatic rings. The van der Waals surface area contributed by atoms with Gasteiger partial charge in [0.15, 0.2) is 17.5 Å². The minimum absolute atomic E-state index is 0.240. The van der Waals surface area contributed by atoms with Crippen molar-refractivity contribution >= 4 is 5.96 Å². The second-order valence-corrected chi connectivity index (χ2v) is 6.86. The van der Waals surface area contributed by atoms with Gasteiger partial charge in [-0.3, -0.25) is 4.68 Å². The zero-order valence-corrected chi connectivity index (χ0v) is 17.1. The lowest BCUT2D eigenvalue weighted by Gasteiger charge is -2.22. The Bertz CT molecular complexity index is 785. The molecule has 1 heterocycles. The highest BCUT2D eigenvalue weighted by Gasteiger charge is 2.15. The van der Waals surface area contributed by atoms with Gasteiger partial charge in [0, 0.05) is 38.9 Å². The van der Waals surface area contributed by atoms with Gasteiger partial charge in [0.2, 0.25) is 0 Å². The SMILES string of the molecule is CCNC(=NCc1ccc(OC)c(F)c1)N(C)Cc1cn(C)nc1C(C)C. The topological polar surface area (TPSA) is 54.7 Å². The van der Waals surface area contributed by atoms with E-state index in [9.17, 15) is 4.39 Å². The van der Waals surface area contributed by atoms with Gasteiger partial charge in [0.05, 0.1) is 19.3 Å². The van der Waals surface area contributed by atoms with Crippen molar-refractivity contribution in [1.82, 2.24) is 20.0 Å². The van der Waals surface area contributed by atoms with E-state index in [0.29, 0.717) is 19.0 Å². The first-order valence-electron chi connectivity index (χ1n) is 9.20. The molecule has 0 radical (unpaired) electrons. The van der Waals surface area contributed by atoms with Crippen LogP contribution in [-0.2, 0) is 20.1 Å².